The molecule has 0 radical (unpaired) electrons. The number of carbonyl (C=O) groups is 4. The fourth-order valence-corrected chi connectivity index (χ4v) is 4.56. The molecule has 32 heavy (non-hydrogen) atoms. The number of rotatable bonds is 5. The van der Waals surface area contributed by atoms with Crippen LogP contribution >= 0.6 is 23.2 Å². The molecule has 4 rings (SSSR count). The first-order chi connectivity index (χ1) is 15.3. The van der Waals surface area contributed by atoms with Gasteiger partial charge in [-0.2, -0.15) is 5.01 Å². The molecule has 0 aromatic heterocycles. The van der Waals surface area contributed by atoms with E-state index in [1.807, 2.05) is 0 Å². The van der Waals surface area contributed by atoms with E-state index in [2.05, 4.69) is 0 Å². The van der Waals surface area contributed by atoms with Crippen LogP contribution in [0.15, 0.2) is 42.5 Å². The molecule has 0 unspecified atom stereocenters. The predicted molar refractivity (Wildman–Crippen MR) is 116 cm³/mol. The first-order valence-electron chi connectivity index (χ1n) is 10.2. The monoisotopic (exact) mass is 476 g/mol. The zero-order chi connectivity index (χ0) is 23.0. The number of hydrazine groups is 1. The fraction of sp³-hybridized carbons (Fsp3) is 0.304. The van der Waals surface area contributed by atoms with Crippen LogP contribution in [0.4, 0.5) is 4.39 Å². The number of amides is 3. The first-order valence-corrected chi connectivity index (χ1v) is 11.0. The Morgan fingerprint density at radius 1 is 0.906 bits per heavy atom. The Bertz CT molecular complexity index is 1080. The van der Waals surface area contributed by atoms with Crippen molar-refractivity contribution >= 4 is 46.7 Å². The second kappa shape index (κ2) is 9.00. The van der Waals surface area contributed by atoms with E-state index < -0.39 is 47.7 Å². The van der Waals surface area contributed by atoms with Gasteiger partial charge in [0, 0.05) is 11.1 Å². The zero-order valence-corrected chi connectivity index (χ0v) is 18.4. The maximum absolute atomic E-state index is 13.4. The van der Waals surface area contributed by atoms with Crippen molar-refractivity contribution in [3.8, 4) is 0 Å². The largest absolute Gasteiger partial charge is 0.292 e. The van der Waals surface area contributed by atoms with Gasteiger partial charge < -0.3 is 0 Å². The number of ketones is 1. The summed E-state index contributed by atoms with van der Waals surface area (Å²) in [6.45, 7) is -0.568. The summed E-state index contributed by atoms with van der Waals surface area (Å²) in [5, 5.41) is 2.04. The molecule has 1 saturated heterocycles. The summed E-state index contributed by atoms with van der Waals surface area (Å²) in [6.07, 6.45) is 2.77. The molecule has 1 heterocycles. The number of benzene rings is 2. The lowest BCUT2D eigenvalue weighted by Gasteiger charge is -2.30. The highest BCUT2D eigenvalue weighted by Gasteiger charge is 2.51. The lowest BCUT2D eigenvalue weighted by molar-refractivity contribution is -0.154. The highest BCUT2D eigenvalue weighted by atomic mass is 35.5. The highest BCUT2D eigenvalue weighted by molar-refractivity contribution is 6.42. The Hall–Kier alpha value is -2.77. The van der Waals surface area contributed by atoms with Crippen molar-refractivity contribution < 1.29 is 23.6 Å². The fourth-order valence-electron chi connectivity index (χ4n) is 4.26. The van der Waals surface area contributed by atoms with Crippen molar-refractivity contribution in [3.05, 3.63) is 69.5 Å². The van der Waals surface area contributed by atoms with E-state index in [0.717, 1.165) is 35.0 Å². The molecule has 1 aliphatic heterocycles. The second-order valence-corrected chi connectivity index (χ2v) is 8.72. The number of Topliss-reactive ketones (excluding diaryl/α,β-unsaturated/α-hetero) is 1. The average molecular weight is 477 g/mol. The summed E-state index contributed by atoms with van der Waals surface area (Å²) in [5.74, 6) is -3.77. The highest BCUT2D eigenvalue weighted by Crippen LogP contribution is 2.39. The van der Waals surface area contributed by atoms with Gasteiger partial charge in [-0.25, -0.2) is 9.40 Å². The van der Waals surface area contributed by atoms with Crippen LogP contribution < -0.4 is 0 Å². The predicted octanol–water partition coefficient (Wildman–Crippen LogP) is 4.55. The van der Waals surface area contributed by atoms with Gasteiger partial charge in [-0.1, -0.05) is 36.0 Å². The van der Waals surface area contributed by atoms with E-state index >= 15 is 0 Å². The van der Waals surface area contributed by atoms with Crippen molar-refractivity contribution in [2.24, 2.45) is 11.8 Å². The number of nitrogens with zero attached hydrogens (tertiary/aromatic N) is 2. The molecule has 2 aliphatic rings. The molecule has 9 heteroatoms. The van der Waals surface area contributed by atoms with Gasteiger partial charge in [-0.3, -0.25) is 19.2 Å². The quantitative estimate of drug-likeness (QED) is 0.468. The van der Waals surface area contributed by atoms with Crippen LogP contribution in [-0.2, 0) is 9.59 Å². The number of hydrogen-bond acceptors (Lipinski definition) is 4. The molecular formula is C23H19Cl2FN2O4. The summed E-state index contributed by atoms with van der Waals surface area (Å²) in [5.41, 5.74) is 0.219. The molecule has 0 spiro atoms. The molecule has 0 bridgehead atoms. The van der Waals surface area contributed by atoms with E-state index in [9.17, 15) is 23.6 Å². The minimum Gasteiger partial charge on any atom is -0.292 e. The number of hydrogen-bond donors (Lipinski definition) is 0. The van der Waals surface area contributed by atoms with Crippen molar-refractivity contribution in [2.75, 3.05) is 6.54 Å². The number of fused-ring (bicyclic) bond motifs is 1. The summed E-state index contributed by atoms with van der Waals surface area (Å²) >= 11 is 12.0. The topological polar surface area (TPSA) is 74.8 Å². The van der Waals surface area contributed by atoms with Gasteiger partial charge in [0.2, 0.25) is 0 Å². The third-order valence-corrected chi connectivity index (χ3v) is 6.66. The van der Waals surface area contributed by atoms with Crippen molar-refractivity contribution in [1.82, 2.24) is 10.0 Å². The van der Waals surface area contributed by atoms with E-state index in [1.165, 1.54) is 30.3 Å². The number of halogens is 3. The SMILES string of the molecule is O=C(CN(C(=O)c1ccc(Cl)c(Cl)c1)N1C(=O)[C@@H]2CCCC[C@H]2C1=O)c1ccc(F)cc1. The Morgan fingerprint density at radius 2 is 1.47 bits per heavy atom. The summed E-state index contributed by atoms with van der Waals surface area (Å²) in [4.78, 5) is 52.5. The Balaban J connectivity index is 1.70. The van der Waals surface area contributed by atoms with Gasteiger partial charge >= 0.3 is 0 Å². The van der Waals surface area contributed by atoms with Crippen LogP contribution in [0.5, 0.6) is 0 Å². The molecule has 2 fully saturated rings. The van der Waals surface area contributed by atoms with Gasteiger partial charge in [0.05, 0.1) is 21.9 Å². The van der Waals surface area contributed by atoms with E-state index in [1.54, 1.807) is 0 Å². The van der Waals surface area contributed by atoms with E-state index in [-0.39, 0.29) is 21.2 Å². The van der Waals surface area contributed by atoms with Gasteiger partial charge in [-0.15, -0.1) is 0 Å². The van der Waals surface area contributed by atoms with Crippen LogP contribution in [0.25, 0.3) is 0 Å². The molecule has 6 nitrogen and oxygen atoms in total. The van der Waals surface area contributed by atoms with Gasteiger partial charge in [0.15, 0.2) is 5.78 Å². The summed E-state index contributed by atoms with van der Waals surface area (Å²) in [7, 11) is 0. The lowest BCUT2D eigenvalue weighted by Crippen LogP contribution is -2.52. The van der Waals surface area contributed by atoms with Crippen LogP contribution in [-0.4, -0.2) is 40.1 Å². The summed E-state index contributed by atoms with van der Waals surface area (Å²) in [6, 6.07) is 8.96. The lowest BCUT2D eigenvalue weighted by atomic mass is 9.81. The Kier molecular flexibility index (Phi) is 6.31. The minimum atomic E-state index is -0.737. The molecule has 0 N–H and O–H groups in total. The molecule has 2 aromatic carbocycles. The Morgan fingerprint density at radius 3 is 2.03 bits per heavy atom. The molecule has 166 valence electrons. The molecule has 2 atom stereocenters. The Labute approximate surface area is 193 Å². The molecule has 3 amide bonds. The standard InChI is InChI=1S/C23H19Cl2FN2O4/c24-18-10-7-14(11-19(18)25)21(30)27(12-20(29)13-5-8-15(26)9-6-13)28-22(31)16-3-1-2-4-17(16)23(28)32/h5-11,16-17H,1-4,12H2/t16-,17-/m1/s1. The second-order valence-electron chi connectivity index (χ2n) is 7.91. The maximum Gasteiger partial charge on any atom is 0.273 e. The van der Waals surface area contributed by atoms with Gasteiger partial charge in [-0.05, 0) is 55.3 Å². The molecular weight excluding hydrogens is 458 g/mol. The normalized spacial score (nSPS) is 20.3. The zero-order valence-electron chi connectivity index (χ0n) is 16.9. The van der Waals surface area contributed by atoms with Crippen LogP contribution in [0.2, 0.25) is 10.0 Å². The molecule has 1 aliphatic carbocycles. The average Bonchev–Trinajstić information content (AvgIpc) is 3.04. The van der Waals surface area contributed by atoms with Crippen LogP contribution in [0, 0.1) is 17.7 Å². The van der Waals surface area contributed by atoms with E-state index in [4.69, 9.17) is 23.2 Å². The third kappa shape index (κ3) is 4.14. The summed E-state index contributed by atoms with van der Waals surface area (Å²) < 4.78 is 13.3. The number of carbonyl (C=O) groups excluding carboxylic acids is 4. The van der Waals surface area contributed by atoms with E-state index in [0.29, 0.717) is 12.8 Å². The van der Waals surface area contributed by atoms with Crippen molar-refractivity contribution in [1.29, 1.82) is 0 Å². The van der Waals surface area contributed by atoms with Crippen LogP contribution in [0.3, 0.4) is 0 Å². The molecule has 2 aromatic rings. The number of imide groups is 1. The van der Waals surface area contributed by atoms with Gasteiger partial charge in [0.25, 0.3) is 17.7 Å². The smallest absolute Gasteiger partial charge is 0.273 e. The maximum atomic E-state index is 13.4. The van der Waals surface area contributed by atoms with Gasteiger partial charge in [0.1, 0.15) is 12.4 Å². The first kappa shape index (κ1) is 22.4. The third-order valence-electron chi connectivity index (χ3n) is 5.92. The van der Waals surface area contributed by atoms with Crippen LogP contribution in [0.1, 0.15) is 46.4 Å². The minimum absolute atomic E-state index is 0.0711. The van der Waals surface area contributed by atoms with Crippen molar-refractivity contribution in [3.63, 3.8) is 0 Å². The van der Waals surface area contributed by atoms with Crippen molar-refractivity contribution in [2.45, 2.75) is 25.7 Å². The molecule has 1 saturated carbocycles.